The van der Waals surface area contributed by atoms with Gasteiger partial charge in [0.15, 0.2) is 5.76 Å². The molecule has 2 aromatic heterocycles. The smallest absolute Gasteiger partial charge is 0.228 e. The zero-order valence-corrected chi connectivity index (χ0v) is 13.7. The number of piperidine rings is 1. The van der Waals surface area contributed by atoms with Crippen LogP contribution in [0.25, 0.3) is 10.9 Å². The minimum Gasteiger partial charge on any atom is -0.461 e. The van der Waals surface area contributed by atoms with E-state index in [0.29, 0.717) is 17.2 Å². The summed E-state index contributed by atoms with van der Waals surface area (Å²) in [5.41, 5.74) is 2.84. The van der Waals surface area contributed by atoms with Crippen LogP contribution >= 0.6 is 0 Å². The highest BCUT2D eigenvalue weighted by atomic mass is 16.3. The van der Waals surface area contributed by atoms with E-state index in [1.165, 1.54) is 11.8 Å². The van der Waals surface area contributed by atoms with Crippen molar-refractivity contribution in [3.05, 3.63) is 59.7 Å². The van der Waals surface area contributed by atoms with E-state index in [4.69, 9.17) is 10.3 Å². The van der Waals surface area contributed by atoms with Crippen LogP contribution in [-0.4, -0.2) is 35.5 Å². The molecule has 0 radical (unpaired) electrons. The second-order valence-corrected chi connectivity index (χ2v) is 6.61. The fourth-order valence-electron chi connectivity index (χ4n) is 3.62. The molecule has 5 nitrogen and oxygen atoms in total. The van der Waals surface area contributed by atoms with Crippen molar-refractivity contribution in [2.24, 2.45) is 0 Å². The molecule has 0 bridgehead atoms. The lowest BCUT2D eigenvalue weighted by molar-refractivity contribution is 0.101. The van der Waals surface area contributed by atoms with Crippen molar-refractivity contribution < 1.29 is 9.21 Å². The molecule has 3 heterocycles. The number of aromatic nitrogens is 1. The van der Waals surface area contributed by atoms with E-state index in [0.717, 1.165) is 36.8 Å². The van der Waals surface area contributed by atoms with Crippen molar-refractivity contribution in [2.45, 2.75) is 18.8 Å². The number of carbonyl (C=O) groups excluding carboxylic acids is 1. The third-order valence-corrected chi connectivity index (χ3v) is 5.03. The van der Waals surface area contributed by atoms with Crippen LogP contribution in [0.5, 0.6) is 0 Å². The molecule has 5 heteroatoms. The van der Waals surface area contributed by atoms with Gasteiger partial charge in [-0.3, -0.25) is 9.47 Å². The number of fused-ring (bicyclic) bond motifs is 1. The average molecular weight is 323 g/mol. The van der Waals surface area contributed by atoms with Crippen LogP contribution in [0.2, 0.25) is 0 Å². The molecule has 0 saturated carbocycles. The SMILES string of the molecule is CN1CCC(c2cn(N)c3ccc(C(=O)c4ccco4)cc23)CC1. The van der Waals surface area contributed by atoms with Crippen LogP contribution in [0.3, 0.4) is 0 Å². The third-order valence-electron chi connectivity index (χ3n) is 5.03. The maximum absolute atomic E-state index is 12.6. The van der Waals surface area contributed by atoms with Gasteiger partial charge >= 0.3 is 0 Å². The number of nitrogens with two attached hydrogens (primary N) is 1. The quantitative estimate of drug-likeness (QED) is 0.594. The Bertz CT molecular complexity index is 872. The van der Waals surface area contributed by atoms with Crippen LogP contribution < -0.4 is 5.84 Å². The topological polar surface area (TPSA) is 64.4 Å². The Morgan fingerprint density at radius 3 is 2.75 bits per heavy atom. The summed E-state index contributed by atoms with van der Waals surface area (Å²) in [5.74, 6) is 6.89. The molecule has 24 heavy (non-hydrogen) atoms. The largest absolute Gasteiger partial charge is 0.461 e. The number of hydrogen-bond acceptors (Lipinski definition) is 4. The monoisotopic (exact) mass is 323 g/mol. The van der Waals surface area contributed by atoms with Crippen LogP contribution in [-0.2, 0) is 0 Å². The van der Waals surface area contributed by atoms with Crippen LogP contribution in [0.4, 0.5) is 0 Å². The molecule has 2 N–H and O–H groups in total. The number of ketones is 1. The summed E-state index contributed by atoms with van der Waals surface area (Å²) < 4.78 is 6.91. The Labute approximate surface area is 140 Å². The highest BCUT2D eigenvalue weighted by molar-refractivity contribution is 6.09. The molecule has 1 aromatic carbocycles. The van der Waals surface area contributed by atoms with E-state index in [1.807, 2.05) is 24.4 Å². The molecule has 4 rings (SSSR count). The van der Waals surface area contributed by atoms with Gasteiger partial charge in [0.2, 0.25) is 5.78 Å². The Morgan fingerprint density at radius 2 is 2.04 bits per heavy atom. The highest BCUT2D eigenvalue weighted by Gasteiger charge is 2.23. The predicted molar refractivity (Wildman–Crippen MR) is 93.7 cm³/mol. The minimum atomic E-state index is -0.0963. The summed E-state index contributed by atoms with van der Waals surface area (Å²) in [7, 11) is 2.16. The Kier molecular flexibility index (Phi) is 3.65. The number of nitrogens with zero attached hydrogens (tertiary/aromatic N) is 2. The first-order valence-corrected chi connectivity index (χ1v) is 8.30. The van der Waals surface area contributed by atoms with Crippen molar-refractivity contribution in [1.29, 1.82) is 0 Å². The van der Waals surface area contributed by atoms with Crippen molar-refractivity contribution in [3.63, 3.8) is 0 Å². The number of nitrogen functional groups attached to an aromatic ring is 1. The molecule has 1 saturated heterocycles. The Balaban J connectivity index is 1.75. The van der Waals surface area contributed by atoms with E-state index in [9.17, 15) is 4.79 Å². The molecule has 0 spiro atoms. The molecule has 1 aliphatic rings. The number of benzene rings is 1. The van der Waals surface area contributed by atoms with E-state index >= 15 is 0 Å². The van der Waals surface area contributed by atoms with Gasteiger partial charge in [0, 0.05) is 17.1 Å². The van der Waals surface area contributed by atoms with Gasteiger partial charge in [0.05, 0.1) is 11.8 Å². The Morgan fingerprint density at radius 1 is 1.25 bits per heavy atom. The lowest BCUT2D eigenvalue weighted by atomic mass is 9.89. The number of carbonyl (C=O) groups is 1. The van der Waals surface area contributed by atoms with Gasteiger partial charge in [-0.15, -0.1) is 0 Å². The third kappa shape index (κ3) is 2.51. The van der Waals surface area contributed by atoms with Crippen LogP contribution in [0, 0.1) is 0 Å². The molecule has 0 amide bonds. The van der Waals surface area contributed by atoms with Crippen molar-refractivity contribution in [2.75, 3.05) is 26.0 Å². The number of hydrogen-bond donors (Lipinski definition) is 1. The summed E-state index contributed by atoms with van der Waals surface area (Å²) in [6.07, 6.45) is 5.77. The van der Waals surface area contributed by atoms with Crippen molar-refractivity contribution in [3.8, 4) is 0 Å². The Hall–Kier alpha value is -2.53. The summed E-state index contributed by atoms with van der Waals surface area (Å²) in [5, 5.41) is 1.07. The van der Waals surface area contributed by atoms with Gasteiger partial charge in [-0.25, -0.2) is 0 Å². The minimum absolute atomic E-state index is 0.0963. The molecule has 0 atom stereocenters. The lowest BCUT2D eigenvalue weighted by Crippen LogP contribution is -2.29. The lowest BCUT2D eigenvalue weighted by Gasteiger charge is -2.28. The number of likely N-dealkylation sites (tertiary alicyclic amines) is 1. The highest BCUT2D eigenvalue weighted by Crippen LogP contribution is 2.34. The van der Waals surface area contributed by atoms with Gasteiger partial charge in [0.1, 0.15) is 0 Å². The fraction of sp³-hybridized carbons (Fsp3) is 0.316. The summed E-state index contributed by atoms with van der Waals surface area (Å²) in [4.78, 5) is 14.9. The maximum atomic E-state index is 12.6. The molecule has 1 fully saturated rings. The van der Waals surface area contributed by atoms with E-state index in [-0.39, 0.29) is 5.78 Å². The van der Waals surface area contributed by atoms with Crippen LogP contribution in [0.1, 0.15) is 40.4 Å². The second kappa shape index (κ2) is 5.83. The summed E-state index contributed by atoms with van der Waals surface area (Å²) in [6, 6.07) is 9.11. The predicted octanol–water partition coefficient (Wildman–Crippen LogP) is 2.99. The first kappa shape index (κ1) is 15.0. The first-order chi connectivity index (χ1) is 11.6. The fourth-order valence-corrected chi connectivity index (χ4v) is 3.62. The van der Waals surface area contributed by atoms with Gasteiger partial charge in [-0.1, -0.05) is 0 Å². The summed E-state index contributed by atoms with van der Waals surface area (Å²) >= 11 is 0. The van der Waals surface area contributed by atoms with Gasteiger partial charge in [0.25, 0.3) is 0 Å². The second-order valence-electron chi connectivity index (χ2n) is 6.61. The molecule has 124 valence electrons. The van der Waals surface area contributed by atoms with Gasteiger partial charge in [-0.05, 0) is 74.8 Å². The number of rotatable bonds is 3. The van der Waals surface area contributed by atoms with E-state index in [1.54, 1.807) is 16.8 Å². The normalized spacial score (nSPS) is 16.7. The average Bonchev–Trinajstić information content (AvgIpc) is 3.23. The maximum Gasteiger partial charge on any atom is 0.228 e. The van der Waals surface area contributed by atoms with Crippen LogP contribution in [0.15, 0.2) is 47.2 Å². The first-order valence-electron chi connectivity index (χ1n) is 8.30. The molecule has 0 aliphatic carbocycles. The van der Waals surface area contributed by atoms with E-state index in [2.05, 4.69) is 11.9 Å². The molecule has 1 aliphatic heterocycles. The summed E-state index contributed by atoms with van der Waals surface area (Å²) in [6.45, 7) is 2.18. The van der Waals surface area contributed by atoms with Gasteiger partial charge < -0.3 is 15.2 Å². The zero-order valence-electron chi connectivity index (χ0n) is 13.7. The molecule has 3 aromatic rings. The van der Waals surface area contributed by atoms with Crippen molar-refractivity contribution in [1.82, 2.24) is 9.58 Å². The zero-order chi connectivity index (χ0) is 16.7. The standard InChI is InChI=1S/C19H21N3O2/c1-21-8-6-13(7-9-21)16-12-22(20)17-5-4-14(11-15(16)17)19(23)18-3-2-10-24-18/h2-5,10-13H,6-9,20H2,1H3. The molecule has 0 unspecified atom stereocenters. The molecular formula is C19H21N3O2. The van der Waals surface area contributed by atoms with Crippen molar-refractivity contribution >= 4 is 16.7 Å². The van der Waals surface area contributed by atoms with E-state index < -0.39 is 0 Å². The van der Waals surface area contributed by atoms with Gasteiger partial charge in [-0.2, -0.15) is 0 Å². The number of furan rings is 1. The molecular weight excluding hydrogens is 302 g/mol.